The molecule has 114 valence electrons. The molecular formula is C14H18N2O5. The fraction of sp³-hybridized carbons (Fsp3) is 0.500. The van der Waals surface area contributed by atoms with E-state index in [1.54, 1.807) is 13.8 Å². The summed E-state index contributed by atoms with van der Waals surface area (Å²) in [6, 6.07) is 0. The van der Waals surface area contributed by atoms with Crippen LogP contribution in [-0.2, 0) is 6.42 Å². The Bertz CT molecular complexity index is 623. The van der Waals surface area contributed by atoms with Crippen LogP contribution in [0.1, 0.15) is 53.7 Å². The Morgan fingerprint density at radius 2 is 1.57 bits per heavy atom. The second-order valence-electron chi connectivity index (χ2n) is 4.97. The molecule has 0 fully saturated rings. The fourth-order valence-corrected chi connectivity index (χ4v) is 2.50. The zero-order valence-corrected chi connectivity index (χ0v) is 12.6. The lowest BCUT2D eigenvalue weighted by Crippen LogP contribution is -2.11. The number of carbonyl (C=O) groups is 1. The Labute approximate surface area is 122 Å². The maximum absolute atomic E-state index is 11.7. The van der Waals surface area contributed by atoms with E-state index in [4.69, 9.17) is 0 Å². The van der Waals surface area contributed by atoms with Crippen molar-refractivity contribution in [3.8, 4) is 0 Å². The van der Waals surface area contributed by atoms with Crippen molar-refractivity contribution >= 4 is 17.2 Å². The van der Waals surface area contributed by atoms with Crippen molar-refractivity contribution in [2.45, 2.75) is 47.0 Å². The summed E-state index contributed by atoms with van der Waals surface area (Å²) in [5, 5.41) is 22.6. The van der Waals surface area contributed by atoms with Gasteiger partial charge < -0.3 is 0 Å². The van der Waals surface area contributed by atoms with Gasteiger partial charge in [-0.25, -0.2) is 0 Å². The molecule has 1 aromatic carbocycles. The van der Waals surface area contributed by atoms with Gasteiger partial charge in [0.25, 0.3) is 0 Å². The van der Waals surface area contributed by atoms with Crippen LogP contribution in [0, 0.1) is 34.1 Å². The number of ketones is 1. The average molecular weight is 294 g/mol. The van der Waals surface area contributed by atoms with E-state index in [2.05, 4.69) is 0 Å². The van der Waals surface area contributed by atoms with Crippen molar-refractivity contribution in [3.05, 3.63) is 42.5 Å². The highest BCUT2D eigenvalue weighted by Crippen LogP contribution is 2.40. The van der Waals surface area contributed by atoms with E-state index in [9.17, 15) is 25.0 Å². The summed E-state index contributed by atoms with van der Waals surface area (Å²) in [7, 11) is 0. The van der Waals surface area contributed by atoms with E-state index in [1.807, 2.05) is 6.92 Å². The number of Topliss-reactive ketones (excluding diaryl/α,β-unsaturated/α-hetero) is 1. The van der Waals surface area contributed by atoms with Crippen LogP contribution in [0.4, 0.5) is 11.4 Å². The minimum Gasteiger partial charge on any atom is -0.294 e. The first-order valence-electron chi connectivity index (χ1n) is 6.69. The molecule has 0 bridgehead atoms. The molecule has 21 heavy (non-hydrogen) atoms. The van der Waals surface area contributed by atoms with E-state index >= 15 is 0 Å². The van der Waals surface area contributed by atoms with Gasteiger partial charge in [0.2, 0.25) is 0 Å². The summed E-state index contributed by atoms with van der Waals surface area (Å²) < 4.78 is 0. The standard InChI is InChI=1S/C14H18N2O5/c1-5-6-7-11-8(2)9(3)12(10(4)17)14(16(20)21)13(11)15(18)19/h5-7H2,1-4H3. The lowest BCUT2D eigenvalue weighted by atomic mass is 9.90. The van der Waals surface area contributed by atoms with Crippen LogP contribution >= 0.6 is 0 Å². The molecule has 7 heteroatoms. The van der Waals surface area contributed by atoms with Gasteiger partial charge in [-0.3, -0.25) is 25.0 Å². The van der Waals surface area contributed by atoms with Gasteiger partial charge in [-0.2, -0.15) is 0 Å². The maximum Gasteiger partial charge on any atom is 0.357 e. The number of hydrogen-bond donors (Lipinski definition) is 0. The molecule has 1 aromatic rings. The monoisotopic (exact) mass is 294 g/mol. The van der Waals surface area contributed by atoms with E-state index in [0.717, 1.165) is 6.42 Å². The molecule has 0 aromatic heterocycles. The Kier molecular flexibility index (Phi) is 5.12. The third-order valence-corrected chi connectivity index (χ3v) is 3.63. The SMILES string of the molecule is CCCCc1c(C)c(C)c(C(C)=O)c([N+](=O)[O-])c1[N+](=O)[O-]. The molecule has 0 aliphatic carbocycles. The van der Waals surface area contributed by atoms with Crippen molar-refractivity contribution in [1.29, 1.82) is 0 Å². The van der Waals surface area contributed by atoms with Crippen molar-refractivity contribution < 1.29 is 14.6 Å². The molecule has 0 atom stereocenters. The fourth-order valence-electron chi connectivity index (χ4n) is 2.50. The highest BCUT2D eigenvalue weighted by molar-refractivity contribution is 6.02. The minimum atomic E-state index is -0.823. The van der Waals surface area contributed by atoms with Crippen LogP contribution in [0.5, 0.6) is 0 Å². The number of unbranched alkanes of at least 4 members (excludes halogenated alkanes) is 1. The van der Waals surface area contributed by atoms with Crippen molar-refractivity contribution in [1.82, 2.24) is 0 Å². The Hall–Kier alpha value is -2.31. The smallest absolute Gasteiger partial charge is 0.294 e. The number of nitro groups is 2. The average Bonchev–Trinajstić information content (AvgIpc) is 2.38. The highest BCUT2D eigenvalue weighted by atomic mass is 16.6. The normalized spacial score (nSPS) is 10.5. The topological polar surface area (TPSA) is 103 Å². The van der Waals surface area contributed by atoms with Crippen LogP contribution in [-0.4, -0.2) is 15.6 Å². The highest BCUT2D eigenvalue weighted by Gasteiger charge is 2.37. The largest absolute Gasteiger partial charge is 0.357 e. The lowest BCUT2D eigenvalue weighted by molar-refractivity contribution is -0.423. The molecule has 0 saturated carbocycles. The second-order valence-corrected chi connectivity index (χ2v) is 4.97. The first-order chi connectivity index (χ1) is 9.73. The predicted octanol–water partition coefficient (Wildman–Crippen LogP) is 3.67. The molecule has 0 aliphatic rings. The molecule has 0 N–H and O–H groups in total. The molecule has 0 unspecified atom stereocenters. The molecule has 0 radical (unpaired) electrons. The van der Waals surface area contributed by atoms with Crippen molar-refractivity contribution in [2.24, 2.45) is 0 Å². The van der Waals surface area contributed by atoms with Crippen LogP contribution in [0.2, 0.25) is 0 Å². The van der Waals surface area contributed by atoms with Crippen LogP contribution in [0.15, 0.2) is 0 Å². The number of rotatable bonds is 6. The summed E-state index contributed by atoms with van der Waals surface area (Å²) in [6.07, 6.45) is 1.90. The molecule has 1 rings (SSSR count). The number of carbonyl (C=O) groups excluding carboxylic acids is 1. The number of hydrogen-bond acceptors (Lipinski definition) is 5. The van der Waals surface area contributed by atoms with Gasteiger partial charge in [-0.1, -0.05) is 13.3 Å². The van der Waals surface area contributed by atoms with Crippen molar-refractivity contribution in [2.75, 3.05) is 0 Å². The number of nitro benzene ring substituents is 2. The van der Waals surface area contributed by atoms with Gasteiger partial charge in [0, 0.05) is 5.56 Å². The molecule has 0 saturated heterocycles. The first-order valence-corrected chi connectivity index (χ1v) is 6.69. The molecule has 0 heterocycles. The lowest BCUT2D eigenvalue weighted by Gasteiger charge is -2.13. The Morgan fingerprint density at radius 1 is 1.05 bits per heavy atom. The quantitative estimate of drug-likeness (QED) is 0.452. The van der Waals surface area contributed by atoms with E-state index in [0.29, 0.717) is 29.5 Å². The maximum atomic E-state index is 11.7. The van der Waals surface area contributed by atoms with Gasteiger partial charge >= 0.3 is 11.4 Å². The summed E-state index contributed by atoms with van der Waals surface area (Å²) in [5.41, 5.74) is 0.0146. The molecule has 7 nitrogen and oxygen atoms in total. The summed E-state index contributed by atoms with van der Waals surface area (Å²) in [6.45, 7) is 6.39. The van der Waals surface area contributed by atoms with Gasteiger partial charge in [-0.15, -0.1) is 0 Å². The third kappa shape index (κ3) is 3.07. The summed E-state index contributed by atoms with van der Waals surface area (Å²) in [4.78, 5) is 32.8. The third-order valence-electron chi connectivity index (χ3n) is 3.63. The number of nitrogens with zero attached hydrogens (tertiary/aromatic N) is 2. The summed E-state index contributed by atoms with van der Waals surface area (Å²) >= 11 is 0. The van der Waals surface area contributed by atoms with Gasteiger partial charge in [0.15, 0.2) is 5.78 Å². The minimum absolute atomic E-state index is 0.163. The van der Waals surface area contributed by atoms with Crippen molar-refractivity contribution in [3.63, 3.8) is 0 Å². The zero-order valence-electron chi connectivity index (χ0n) is 12.6. The summed E-state index contributed by atoms with van der Waals surface area (Å²) in [5.74, 6) is -0.535. The molecule has 0 amide bonds. The Morgan fingerprint density at radius 3 is 1.95 bits per heavy atom. The Balaban J connectivity index is 3.87. The van der Waals surface area contributed by atoms with Gasteiger partial charge in [-0.05, 0) is 44.7 Å². The molecular weight excluding hydrogens is 276 g/mol. The number of benzene rings is 1. The van der Waals surface area contributed by atoms with Crippen LogP contribution < -0.4 is 0 Å². The predicted molar refractivity (Wildman–Crippen MR) is 77.8 cm³/mol. The van der Waals surface area contributed by atoms with E-state index in [1.165, 1.54) is 6.92 Å². The zero-order chi connectivity index (χ0) is 16.3. The van der Waals surface area contributed by atoms with E-state index < -0.39 is 27.0 Å². The van der Waals surface area contributed by atoms with Gasteiger partial charge in [0.05, 0.1) is 9.85 Å². The molecule has 0 aliphatic heterocycles. The van der Waals surface area contributed by atoms with Gasteiger partial charge in [0.1, 0.15) is 5.56 Å². The first kappa shape index (κ1) is 16.7. The van der Waals surface area contributed by atoms with Crippen LogP contribution in [0.3, 0.4) is 0 Å². The van der Waals surface area contributed by atoms with Crippen LogP contribution in [0.25, 0.3) is 0 Å². The molecule has 0 spiro atoms. The second kappa shape index (κ2) is 6.43. The van der Waals surface area contributed by atoms with E-state index in [-0.39, 0.29) is 5.56 Å².